The zero-order valence-corrected chi connectivity index (χ0v) is 68.2. The summed E-state index contributed by atoms with van der Waals surface area (Å²) in [6.07, 6.45) is 3.57. The molecule has 6 aromatic rings. The molecule has 8 aliphatic rings. The van der Waals surface area contributed by atoms with Crippen molar-refractivity contribution in [1.82, 2.24) is 80.4 Å². The number of nitro benzene ring substituents is 2. The molecule has 620 valence electrons. The van der Waals surface area contributed by atoms with E-state index in [1.165, 1.54) is 62.4 Å². The molecule has 0 spiro atoms. The number of para-hydroxylation sites is 2. The number of esters is 4. The zero-order chi connectivity index (χ0) is 84.2. The van der Waals surface area contributed by atoms with Crippen molar-refractivity contribution in [3.63, 3.8) is 0 Å². The van der Waals surface area contributed by atoms with Crippen LogP contribution in [0, 0.1) is 69.6 Å². The van der Waals surface area contributed by atoms with Gasteiger partial charge in [-0.3, -0.25) is 63.7 Å². The number of β-lactam (4-membered cyclic amide) rings is 2. The topological polar surface area (TPSA) is 451 Å². The van der Waals surface area contributed by atoms with E-state index in [2.05, 4.69) is 73.1 Å². The summed E-state index contributed by atoms with van der Waals surface area (Å²) in [7, 11) is -0.796. The second kappa shape index (κ2) is 36.0. The Labute approximate surface area is 680 Å². The fraction of sp³-hybridized carbons (Fsp3) is 0.474. The smallest absolute Gasteiger partial charge is 0.388 e. The molecule has 6 saturated heterocycles. The summed E-state index contributed by atoms with van der Waals surface area (Å²) in [5.41, 5.74) is -1.38. The maximum atomic E-state index is 14.5. The van der Waals surface area contributed by atoms with E-state index in [-0.39, 0.29) is 87.7 Å². The molecule has 0 saturated carbocycles. The quantitative estimate of drug-likeness (QED) is 0.0123. The second-order valence-corrected chi connectivity index (χ2v) is 33.9. The number of benzene rings is 4. The van der Waals surface area contributed by atoms with Crippen LogP contribution in [0.3, 0.4) is 0 Å². The molecule has 4 aromatic carbocycles. The second-order valence-electron chi connectivity index (χ2n) is 30.4. The number of carbonyl (C=O) groups excluding carboxylic acids is 10. The van der Waals surface area contributed by atoms with Gasteiger partial charge in [-0.05, 0) is 149 Å². The molecular formula is C76H89N18O20PS2. The number of amides is 6. The van der Waals surface area contributed by atoms with Gasteiger partial charge in [0.15, 0.2) is 5.70 Å². The number of nitro groups is 2. The van der Waals surface area contributed by atoms with Gasteiger partial charge in [-0.25, -0.2) is 28.5 Å². The summed E-state index contributed by atoms with van der Waals surface area (Å²) >= 11 is 5.86. The summed E-state index contributed by atoms with van der Waals surface area (Å²) in [5, 5.41) is 50.1. The number of nitrogens with one attached hydrogen (secondary N) is 2. The first kappa shape index (κ1) is 85.0. The standard InChI is InChI=1S/C33H30N7O11P.C32H39N9O8S.C11H20N2OS/c1-19-28-27(20(2)34-26(41)18-38-21(3)35-36-37-38)31(42)39(28)29(33(44)48-32(43)22-14-16-23(17-15-22)40(45)46)30(19)51-52(47,49-24-10-6-4-7-11-24)50-25-12-8-5-9-13-25;1-16-10-11-38(13-16)29(43)23-12-22(14-37(23)5)50-28-17(2)26-25(18(3)33-24(42)15-39-19(4)34-35-36-39)30(44)40(26)27(28)32(46)49-31(45)20-6-8-21(9-7-20)41(47)48;1-8-3-4-13(6-8)11(14)10-5-9(15)7-12(10)2/h4-17,19-20,27-28H,18H2,1-3H3,(H,34,41);6-9,16-18,22-23,25-26H,10-15H2,1-5H3,(H,33,42);8-10,15H,3-7H2,1-2H3/t19-,20-,27?,28?;16-,17-,18-,22+,23+,25?,26?;8-,9+,10+/m111/s1. The van der Waals surface area contributed by atoms with E-state index in [1.54, 1.807) is 71.0 Å². The maximum absolute atomic E-state index is 14.5. The molecule has 41 heteroatoms. The molecule has 2 aromatic heterocycles. The Morgan fingerprint density at radius 1 is 0.573 bits per heavy atom. The van der Waals surface area contributed by atoms with Crippen LogP contribution in [0.5, 0.6) is 11.5 Å². The minimum absolute atomic E-state index is 0.0438. The van der Waals surface area contributed by atoms with Crippen molar-refractivity contribution < 1.29 is 85.4 Å². The van der Waals surface area contributed by atoms with Crippen molar-refractivity contribution >= 4 is 103 Å². The van der Waals surface area contributed by atoms with Crippen LogP contribution in [-0.4, -0.2) is 239 Å². The highest BCUT2D eigenvalue weighted by Crippen LogP contribution is 2.58. The van der Waals surface area contributed by atoms with E-state index in [9.17, 15) is 72.7 Å². The van der Waals surface area contributed by atoms with E-state index < -0.39 is 113 Å². The normalized spacial score (nSPS) is 24.5. The number of likely N-dealkylation sites (N-methyl/N-ethyl adjacent to an activating group) is 2. The number of fused-ring (bicyclic) bond motifs is 2. The van der Waals surface area contributed by atoms with Gasteiger partial charge in [0.25, 0.3) is 11.4 Å². The maximum Gasteiger partial charge on any atom is 0.646 e. The van der Waals surface area contributed by atoms with Crippen LogP contribution in [0.1, 0.15) is 99.6 Å². The number of nitrogens with zero attached hydrogens (tertiary/aromatic N) is 16. The number of thioether (sulfide) groups is 1. The molecule has 2 N–H and O–H groups in total. The van der Waals surface area contributed by atoms with Crippen molar-refractivity contribution in [2.45, 2.75) is 141 Å². The third kappa shape index (κ3) is 18.9. The van der Waals surface area contributed by atoms with Gasteiger partial charge in [-0.1, -0.05) is 64.1 Å². The lowest BCUT2D eigenvalue weighted by Crippen LogP contribution is -2.66. The molecule has 6 amide bonds. The Hall–Kier alpha value is -11.4. The largest absolute Gasteiger partial charge is 0.646 e. The average Bonchev–Trinajstić information content (AvgIpc) is 1.57. The van der Waals surface area contributed by atoms with Crippen LogP contribution in [0.25, 0.3) is 0 Å². The molecule has 0 aliphatic carbocycles. The van der Waals surface area contributed by atoms with Gasteiger partial charge in [-0.15, -0.1) is 22.0 Å². The van der Waals surface area contributed by atoms with Crippen LogP contribution in [-0.2, 0) is 70.0 Å². The van der Waals surface area contributed by atoms with Crippen molar-refractivity contribution in [3.8, 4) is 11.5 Å². The summed E-state index contributed by atoms with van der Waals surface area (Å²) in [6.45, 7) is 18.9. The lowest BCUT2D eigenvalue weighted by Gasteiger charge is -2.47. The molecule has 0 radical (unpaired) electrons. The van der Waals surface area contributed by atoms with Crippen molar-refractivity contribution in [2.75, 3.05) is 53.4 Å². The molecule has 8 aliphatic heterocycles. The van der Waals surface area contributed by atoms with Gasteiger partial charge in [-0.2, -0.15) is 17.2 Å². The average molecular weight is 1670 g/mol. The number of phosphoric ester groups is 1. The number of hydrogen-bond acceptors (Lipinski definition) is 30. The summed E-state index contributed by atoms with van der Waals surface area (Å²) in [4.78, 5) is 165. The van der Waals surface area contributed by atoms with Gasteiger partial charge in [0.1, 0.15) is 47.7 Å². The summed E-state index contributed by atoms with van der Waals surface area (Å²) in [5.74, 6) is -7.06. The minimum Gasteiger partial charge on any atom is -0.388 e. The predicted octanol–water partition coefficient (Wildman–Crippen LogP) is 5.75. The van der Waals surface area contributed by atoms with E-state index in [0.717, 1.165) is 93.3 Å². The van der Waals surface area contributed by atoms with Gasteiger partial charge < -0.3 is 48.4 Å². The van der Waals surface area contributed by atoms with Crippen molar-refractivity contribution in [3.05, 3.63) is 174 Å². The van der Waals surface area contributed by atoms with E-state index in [4.69, 9.17) is 23.0 Å². The van der Waals surface area contributed by atoms with Crippen LogP contribution in [0.15, 0.2) is 131 Å². The Morgan fingerprint density at radius 2 is 0.991 bits per heavy atom. The third-order valence-electron chi connectivity index (χ3n) is 21.9. The van der Waals surface area contributed by atoms with Crippen LogP contribution in [0.2, 0.25) is 0 Å². The number of likely N-dealkylation sites (tertiary alicyclic amines) is 4. The number of tetrazole rings is 2. The molecular weight excluding hydrogens is 1580 g/mol. The summed E-state index contributed by atoms with van der Waals surface area (Å²) < 4.78 is 45.0. The number of carbonyl (C=O) groups is 10. The third-order valence-corrected chi connectivity index (χ3v) is 25.1. The number of hydrogen-bond donors (Lipinski definition) is 3. The molecule has 0 bridgehead atoms. The number of rotatable bonds is 24. The van der Waals surface area contributed by atoms with E-state index in [1.807, 2.05) is 35.7 Å². The highest BCUT2D eigenvalue weighted by Gasteiger charge is 2.64. The lowest BCUT2D eigenvalue weighted by atomic mass is 9.77. The first-order valence-corrected chi connectivity index (χ1v) is 40.9. The number of phosphoric acid groups is 1. The van der Waals surface area contributed by atoms with Crippen molar-refractivity contribution in [2.24, 2.45) is 35.5 Å². The molecule has 10 heterocycles. The Morgan fingerprint density at radius 3 is 1.39 bits per heavy atom. The van der Waals surface area contributed by atoms with Crippen molar-refractivity contribution in [1.29, 1.82) is 0 Å². The molecule has 38 nitrogen and oxygen atoms in total. The first-order valence-electron chi connectivity index (χ1n) is 38.0. The molecule has 14 atom stereocenters. The van der Waals surface area contributed by atoms with E-state index >= 15 is 0 Å². The van der Waals surface area contributed by atoms with Crippen LogP contribution < -0.4 is 19.7 Å². The number of non-ortho nitro benzene ring substituents is 2. The van der Waals surface area contributed by atoms with E-state index in [0.29, 0.717) is 52.5 Å². The fourth-order valence-corrected chi connectivity index (χ4v) is 19.3. The molecule has 6 fully saturated rings. The summed E-state index contributed by atoms with van der Waals surface area (Å²) in [6, 6.07) is 21.9. The van der Waals surface area contributed by atoms with Gasteiger partial charge in [0.2, 0.25) is 35.4 Å². The van der Waals surface area contributed by atoms with Crippen LogP contribution in [0.4, 0.5) is 11.4 Å². The highest BCUT2D eigenvalue weighted by atomic mass is 32.2. The predicted molar refractivity (Wildman–Crippen MR) is 418 cm³/mol. The number of aryl methyl sites for hydroxylation is 2. The first-order chi connectivity index (χ1) is 55.7. The number of ether oxygens (including phenoxy) is 2. The molecule has 14 rings (SSSR count). The van der Waals surface area contributed by atoms with Gasteiger partial charge >= 0.3 is 31.7 Å². The fourth-order valence-electron chi connectivity index (χ4n) is 15.9. The molecule has 4 unspecified atom stereocenters. The SMILES string of the molecule is C[C@@H]1CCN(C(=O)[C@@H]2C[C@H](S)CN2C)C1.Cc1nnnn1CC(=O)N[C@H](C)C1C(=O)N2C(C(=O)OC(=O)c3ccc([N+](=O)[O-])cc3)=C(OP(=O)(Oc3ccccc3)Oc3ccccc3)[C@H](C)C12.Cc1nnnn1CC(=O)N[C@H](C)C1C(=O)N2C(C(=O)OC(=O)c3ccc([N+](=O)[O-])cc3)=C(S[C@H]3C[C@@H](C(=O)N4CC[C@@H](C)C4)N(C)C3)[C@H](C)C12. The van der Waals surface area contributed by atoms with Crippen LogP contribution >= 0.6 is 32.2 Å². The highest BCUT2D eigenvalue weighted by molar-refractivity contribution is 8.03. The van der Waals surface area contributed by atoms with Gasteiger partial charge in [0, 0.05) is 103 Å². The molecule has 117 heavy (non-hydrogen) atoms. The minimum atomic E-state index is -4.73. The Kier molecular flexibility index (Phi) is 26.2. The monoisotopic (exact) mass is 1670 g/mol. The number of aromatic nitrogens is 8. The number of thiol groups is 1. The van der Waals surface area contributed by atoms with Gasteiger partial charge in [0.05, 0.1) is 57.0 Å². The zero-order valence-electron chi connectivity index (χ0n) is 65.6. The lowest BCUT2D eigenvalue weighted by molar-refractivity contribution is -0.385. The Balaban J connectivity index is 0.000000183. The Bertz CT molecular complexity index is 4900.